The van der Waals surface area contributed by atoms with E-state index in [9.17, 15) is 29.6 Å². The fraction of sp³-hybridized carbons (Fsp3) is 0.278. The number of nitrogens with one attached hydrogen (secondary N) is 1. The Labute approximate surface area is 158 Å². The highest BCUT2D eigenvalue weighted by atomic mass is 16.6. The lowest BCUT2D eigenvalue weighted by Crippen LogP contribution is -2.38. The lowest BCUT2D eigenvalue weighted by molar-refractivity contribution is -0.385. The van der Waals surface area contributed by atoms with Crippen molar-refractivity contribution in [3.8, 4) is 0 Å². The molecular formula is C18H18N4O6. The van der Waals surface area contributed by atoms with E-state index in [0.29, 0.717) is 0 Å². The fourth-order valence-corrected chi connectivity index (χ4v) is 3.30. The molecule has 1 aromatic heterocycles. The van der Waals surface area contributed by atoms with Crippen molar-refractivity contribution in [3.05, 3.63) is 67.6 Å². The summed E-state index contributed by atoms with van der Waals surface area (Å²) in [5, 5.41) is 24.1. The molecule has 0 fully saturated rings. The van der Waals surface area contributed by atoms with Gasteiger partial charge in [-0.05, 0) is 13.0 Å². The van der Waals surface area contributed by atoms with Crippen LogP contribution >= 0.6 is 0 Å². The highest BCUT2D eigenvalue weighted by molar-refractivity contribution is 5.91. The van der Waals surface area contributed by atoms with Gasteiger partial charge in [0.1, 0.15) is 11.9 Å². The number of anilines is 1. The van der Waals surface area contributed by atoms with Gasteiger partial charge in [-0.3, -0.25) is 19.7 Å². The van der Waals surface area contributed by atoms with Gasteiger partial charge in [-0.1, -0.05) is 26.0 Å². The number of benzene rings is 1. The third-order valence-electron chi connectivity index (χ3n) is 4.53. The van der Waals surface area contributed by atoms with Crippen LogP contribution in [0.25, 0.3) is 0 Å². The molecule has 28 heavy (non-hydrogen) atoms. The van der Waals surface area contributed by atoms with Crippen molar-refractivity contribution in [1.82, 2.24) is 9.36 Å². The second-order valence-corrected chi connectivity index (χ2v) is 6.70. The maximum atomic E-state index is 12.7. The Kier molecular flexibility index (Phi) is 4.63. The lowest BCUT2D eigenvalue weighted by atomic mass is 9.94. The number of carboxylic acid groups (broad SMARTS) is 1. The first-order valence-corrected chi connectivity index (χ1v) is 8.48. The van der Waals surface area contributed by atoms with Crippen molar-refractivity contribution in [3.63, 3.8) is 0 Å². The third kappa shape index (κ3) is 2.88. The number of hydrogen-bond acceptors (Lipinski definition) is 6. The van der Waals surface area contributed by atoms with Gasteiger partial charge < -0.3 is 10.4 Å². The van der Waals surface area contributed by atoms with Gasteiger partial charge in [0.05, 0.1) is 16.1 Å². The first kappa shape index (κ1) is 19.1. The number of nitro benzene ring substituents is 1. The van der Waals surface area contributed by atoms with Gasteiger partial charge >= 0.3 is 5.97 Å². The van der Waals surface area contributed by atoms with Crippen LogP contribution in [0.1, 0.15) is 37.2 Å². The number of allylic oxidation sites excluding steroid dienone is 1. The van der Waals surface area contributed by atoms with Crippen molar-refractivity contribution >= 4 is 23.4 Å². The summed E-state index contributed by atoms with van der Waals surface area (Å²) >= 11 is 0. The minimum Gasteiger partial charge on any atom is -0.478 e. The molecule has 1 aliphatic rings. The molecule has 0 saturated carbocycles. The van der Waals surface area contributed by atoms with Crippen molar-refractivity contribution in [2.75, 3.05) is 5.32 Å². The number of aliphatic carboxylic acids is 1. The highest BCUT2D eigenvalue weighted by Gasteiger charge is 2.39. The van der Waals surface area contributed by atoms with E-state index in [1.165, 1.54) is 41.9 Å². The maximum absolute atomic E-state index is 12.7. The number of carbonyl (C=O) groups is 2. The summed E-state index contributed by atoms with van der Waals surface area (Å²) in [5.41, 5.74) is -0.860. The number of para-hydroxylation sites is 1. The largest absolute Gasteiger partial charge is 0.478 e. The number of carboxylic acids is 1. The van der Waals surface area contributed by atoms with Crippen LogP contribution in [0.3, 0.4) is 0 Å². The van der Waals surface area contributed by atoms with Gasteiger partial charge in [-0.15, -0.1) is 0 Å². The van der Waals surface area contributed by atoms with Crippen molar-refractivity contribution in [2.45, 2.75) is 26.8 Å². The Morgan fingerprint density at radius 1 is 1.29 bits per heavy atom. The molecule has 1 aromatic carbocycles. The molecular weight excluding hydrogens is 368 g/mol. The summed E-state index contributed by atoms with van der Waals surface area (Å²) in [7, 11) is 0. The van der Waals surface area contributed by atoms with Gasteiger partial charge in [0.15, 0.2) is 0 Å². The highest BCUT2D eigenvalue weighted by Crippen LogP contribution is 2.39. The molecule has 146 valence electrons. The quantitative estimate of drug-likeness (QED) is 0.607. The van der Waals surface area contributed by atoms with E-state index in [0.717, 1.165) is 4.68 Å². The van der Waals surface area contributed by atoms with E-state index >= 15 is 0 Å². The van der Waals surface area contributed by atoms with Crippen LogP contribution in [0.2, 0.25) is 0 Å². The first-order valence-electron chi connectivity index (χ1n) is 8.48. The average Bonchev–Trinajstić information content (AvgIpc) is 2.94. The topological polar surface area (TPSA) is 136 Å². The molecule has 2 N–H and O–H groups in total. The van der Waals surface area contributed by atoms with Crippen molar-refractivity contribution < 1.29 is 19.6 Å². The summed E-state index contributed by atoms with van der Waals surface area (Å²) in [6.45, 7) is 4.70. The number of carbonyl (C=O) groups excluding carboxylic acids is 1. The van der Waals surface area contributed by atoms with Crippen LogP contribution in [0, 0.1) is 16.0 Å². The van der Waals surface area contributed by atoms with Gasteiger partial charge in [0, 0.05) is 23.7 Å². The predicted molar refractivity (Wildman–Crippen MR) is 99.4 cm³/mol. The predicted octanol–water partition coefficient (Wildman–Crippen LogP) is 2.23. The number of nitro groups is 1. The van der Waals surface area contributed by atoms with Gasteiger partial charge in [0.25, 0.3) is 17.2 Å². The number of nitrogens with zero attached hydrogens (tertiary/aromatic N) is 3. The molecule has 10 nitrogen and oxygen atoms in total. The van der Waals surface area contributed by atoms with E-state index in [2.05, 4.69) is 5.32 Å². The van der Waals surface area contributed by atoms with E-state index in [4.69, 9.17) is 0 Å². The van der Waals surface area contributed by atoms with E-state index in [-0.39, 0.29) is 28.3 Å². The van der Waals surface area contributed by atoms with Crippen LogP contribution in [0.4, 0.5) is 11.5 Å². The Bertz CT molecular complexity index is 1090. The first-order chi connectivity index (χ1) is 13.1. The van der Waals surface area contributed by atoms with Crippen LogP contribution in [-0.4, -0.2) is 31.3 Å². The van der Waals surface area contributed by atoms with Crippen LogP contribution < -0.4 is 10.9 Å². The van der Waals surface area contributed by atoms with Gasteiger partial charge in [-0.2, -0.15) is 4.68 Å². The molecule has 1 aliphatic heterocycles. The zero-order valence-electron chi connectivity index (χ0n) is 15.4. The smallest absolute Gasteiger partial charge is 0.335 e. The standard InChI is InChI=1S/C18H18N4O6/c1-9(2)17(24)21-14(23)8-13-19-10(3)15(18(25)26)16(20(13)21)11-6-4-5-7-12(11)22(27)28/h4-9,16,19H,1-3H3,(H,25,26). The SMILES string of the molecule is CC1=C(C(=O)O)C(c2ccccc2[N+](=O)[O-])n2c(cc(=O)n2C(=O)C(C)C)N1. The molecule has 1 atom stereocenters. The molecule has 3 rings (SSSR count). The van der Waals surface area contributed by atoms with E-state index < -0.39 is 34.3 Å². The number of fused-ring (bicyclic) bond motifs is 1. The molecule has 0 radical (unpaired) electrons. The van der Waals surface area contributed by atoms with Crippen LogP contribution in [0.15, 0.2) is 46.4 Å². The zero-order chi connectivity index (χ0) is 20.7. The second kappa shape index (κ2) is 6.80. The number of aromatic nitrogens is 2. The molecule has 1 unspecified atom stereocenters. The third-order valence-corrected chi connectivity index (χ3v) is 4.53. The Morgan fingerprint density at radius 3 is 2.50 bits per heavy atom. The summed E-state index contributed by atoms with van der Waals surface area (Å²) < 4.78 is 2.02. The Morgan fingerprint density at radius 2 is 1.93 bits per heavy atom. The van der Waals surface area contributed by atoms with E-state index in [1.54, 1.807) is 13.8 Å². The molecule has 0 amide bonds. The minimum atomic E-state index is -1.32. The van der Waals surface area contributed by atoms with Crippen molar-refractivity contribution in [2.24, 2.45) is 5.92 Å². The monoisotopic (exact) mass is 386 g/mol. The molecule has 2 heterocycles. The summed E-state index contributed by atoms with van der Waals surface area (Å²) in [6, 6.07) is 5.60. The fourth-order valence-electron chi connectivity index (χ4n) is 3.30. The lowest BCUT2D eigenvalue weighted by Gasteiger charge is -2.30. The molecule has 0 spiro atoms. The number of hydrogen-bond donors (Lipinski definition) is 2. The van der Waals surface area contributed by atoms with Crippen LogP contribution in [0.5, 0.6) is 0 Å². The average molecular weight is 386 g/mol. The Balaban J connectivity index is 2.41. The molecule has 0 aliphatic carbocycles. The molecule has 2 aromatic rings. The van der Waals surface area contributed by atoms with Crippen molar-refractivity contribution in [1.29, 1.82) is 0 Å². The summed E-state index contributed by atoms with van der Waals surface area (Å²) in [6.07, 6.45) is 0. The van der Waals surface area contributed by atoms with Gasteiger partial charge in [-0.25, -0.2) is 9.48 Å². The molecule has 0 saturated heterocycles. The van der Waals surface area contributed by atoms with E-state index in [1.807, 2.05) is 0 Å². The Hall–Kier alpha value is -3.69. The minimum absolute atomic E-state index is 0.0629. The van der Waals surface area contributed by atoms with Crippen LogP contribution in [-0.2, 0) is 4.79 Å². The molecule has 0 bridgehead atoms. The second-order valence-electron chi connectivity index (χ2n) is 6.70. The summed E-state index contributed by atoms with van der Waals surface area (Å²) in [5.74, 6) is -2.23. The zero-order valence-corrected chi connectivity index (χ0v) is 15.4. The van der Waals surface area contributed by atoms with Gasteiger partial charge in [0.2, 0.25) is 0 Å². The normalized spacial score (nSPS) is 15.9. The number of rotatable bonds is 4. The maximum Gasteiger partial charge on any atom is 0.335 e. The molecule has 10 heteroatoms. The summed E-state index contributed by atoms with van der Waals surface area (Å²) in [4.78, 5) is 48.1.